The van der Waals surface area contributed by atoms with Crippen LogP contribution in [0.1, 0.15) is 24.1 Å². The number of amides is 1. The van der Waals surface area contributed by atoms with Gasteiger partial charge in [0.25, 0.3) is 5.91 Å². The highest BCUT2D eigenvalue weighted by Crippen LogP contribution is 2.40. The summed E-state index contributed by atoms with van der Waals surface area (Å²) in [6, 6.07) is 23.2. The molecule has 5 rings (SSSR count). The smallest absolute Gasteiger partial charge is 0.255 e. The van der Waals surface area contributed by atoms with Gasteiger partial charge < -0.3 is 15.4 Å². The molecule has 4 aromatic rings. The zero-order valence-electron chi connectivity index (χ0n) is 18.2. The summed E-state index contributed by atoms with van der Waals surface area (Å²) >= 11 is 0. The lowest BCUT2D eigenvalue weighted by Gasteiger charge is -2.31. The fourth-order valence-corrected chi connectivity index (χ4v) is 4.38. The molecule has 0 saturated carbocycles. The largest absolute Gasteiger partial charge is 0.495 e. The minimum absolute atomic E-state index is 0.184. The van der Waals surface area contributed by atoms with Crippen molar-refractivity contribution >= 4 is 28.6 Å². The number of rotatable bonds is 4. The van der Waals surface area contributed by atoms with Crippen LogP contribution in [-0.2, 0) is 4.79 Å². The second kappa shape index (κ2) is 7.89. The Labute approximate surface area is 186 Å². The summed E-state index contributed by atoms with van der Waals surface area (Å²) < 4.78 is 7.54. The summed E-state index contributed by atoms with van der Waals surface area (Å²) in [6.07, 6.45) is 0. The number of fused-ring (bicyclic) bond motifs is 3. The van der Waals surface area contributed by atoms with Gasteiger partial charge in [0.2, 0.25) is 5.95 Å². The minimum Gasteiger partial charge on any atom is -0.495 e. The number of carbonyl (C=O) groups excluding carboxylic acids is 1. The monoisotopic (exact) mass is 424 g/mol. The second-order valence-corrected chi connectivity index (χ2v) is 7.87. The molecule has 2 N–H and O–H groups in total. The van der Waals surface area contributed by atoms with Crippen LogP contribution in [0.5, 0.6) is 5.75 Å². The number of nitrogens with one attached hydrogen (secondary N) is 2. The predicted octanol–water partition coefficient (Wildman–Crippen LogP) is 5.28. The van der Waals surface area contributed by atoms with Gasteiger partial charge in [-0.05, 0) is 49.2 Å². The third-order valence-corrected chi connectivity index (χ3v) is 5.91. The summed E-state index contributed by atoms with van der Waals surface area (Å²) in [7, 11) is 1.59. The van der Waals surface area contributed by atoms with Crippen molar-refractivity contribution in [3.8, 4) is 5.75 Å². The third kappa shape index (κ3) is 3.21. The maximum Gasteiger partial charge on any atom is 0.255 e. The summed E-state index contributed by atoms with van der Waals surface area (Å²) in [5.74, 6) is 1.16. The number of imidazole rings is 1. The molecule has 0 spiro atoms. The average molecular weight is 425 g/mol. The van der Waals surface area contributed by atoms with Gasteiger partial charge in [0.05, 0.1) is 35.4 Å². The van der Waals surface area contributed by atoms with Gasteiger partial charge in [-0.25, -0.2) is 4.98 Å². The number of hydrogen-bond donors (Lipinski definition) is 2. The van der Waals surface area contributed by atoms with Gasteiger partial charge in [0.15, 0.2) is 0 Å². The van der Waals surface area contributed by atoms with Gasteiger partial charge >= 0.3 is 0 Å². The first kappa shape index (κ1) is 19.9. The van der Waals surface area contributed by atoms with Crippen molar-refractivity contribution < 1.29 is 9.53 Å². The summed E-state index contributed by atoms with van der Waals surface area (Å²) in [4.78, 5) is 18.5. The van der Waals surface area contributed by atoms with Crippen LogP contribution in [0.25, 0.3) is 11.0 Å². The number of benzene rings is 3. The van der Waals surface area contributed by atoms with Gasteiger partial charge in [0, 0.05) is 5.70 Å². The normalized spacial score (nSPS) is 15.3. The van der Waals surface area contributed by atoms with Crippen molar-refractivity contribution in [3.63, 3.8) is 0 Å². The highest BCUT2D eigenvalue weighted by molar-refractivity contribution is 6.07. The summed E-state index contributed by atoms with van der Waals surface area (Å²) in [6.45, 7) is 3.99. The van der Waals surface area contributed by atoms with E-state index in [4.69, 9.17) is 9.72 Å². The highest BCUT2D eigenvalue weighted by atomic mass is 16.5. The lowest BCUT2D eigenvalue weighted by Crippen LogP contribution is -2.31. The quantitative estimate of drug-likeness (QED) is 0.468. The number of aryl methyl sites for hydroxylation is 1. The molecule has 32 heavy (non-hydrogen) atoms. The van der Waals surface area contributed by atoms with Gasteiger partial charge in [-0.2, -0.15) is 0 Å². The molecule has 6 heteroatoms. The molecule has 0 unspecified atom stereocenters. The van der Waals surface area contributed by atoms with E-state index in [9.17, 15) is 4.79 Å². The molecule has 0 fully saturated rings. The number of para-hydroxylation sites is 4. The Balaban J connectivity index is 1.68. The number of carbonyl (C=O) groups is 1. The topological polar surface area (TPSA) is 68.2 Å². The van der Waals surface area contributed by atoms with Crippen LogP contribution in [0, 0.1) is 6.92 Å². The highest BCUT2D eigenvalue weighted by Gasteiger charge is 2.35. The molecule has 1 atom stereocenters. The van der Waals surface area contributed by atoms with Crippen LogP contribution in [0.4, 0.5) is 11.6 Å². The number of ether oxygens (including phenoxy) is 1. The second-order valence-electron chi connectivity index (χ2n) is 7.87. The zero-order valence-corrected chi connectivity index (χ0v) is 18.2. The van der Waals surface area contributed by atoms with E-state index >= 15 is 0 Å². The zero-order chi connectivity index (χ0) is 22.2. The molecule has 0 saturated heterocycles. The maximum absolute atomic E-state index is 13.7. The van der Waals surface area contributed by atoms with Crippen LogP contribution in [-0.4, -0.2) is 22.6 Å². The summed E-state index contributed by atoms with van der Waals surface area (Å²) in [5.41, 5.74) is 6.06. The molecule has 1 aliphatic rings. The first-order valence-corrected chi connectivity index (χ1v) is 10.5. The number of hydrogen-bond acceptors (Lipinski definition) is 4. The Morgan fingerprint density at radius 2 is 1.72 bits per heavy atom. The molecular formula is C26H24N4O2. The summed E-state index contributed by atoms with van der Waals surface area (Å²) in [5, 5.41) is 6.41. The van der Waals surface area contributed by atoms with Crippen molar-refractivity contribution in [3.05, 3.63) is 95.2 Å². The standard InChI is InChI=1S/C26H24N4O2/c1-16-10-4-5-11-18(16)24-23(25(31)28-20-13-7-9-15-22(20)32-3)17(2)27-26-29-19-12-6-8-14-21(19)30(24)26/h4-15,24H,1-3H3,(H,27,29)(H,28,31)/t24-/m1/s1. The molecule has 160 valence electrons. The molecule has 2 heterocycles. The molecule has 0 aliphatic carbocycles. The van der Waals surface area contributed by atoms with Crippen LogP contribution in [0.3, 0.4) is 0 Å². The Morgan fingerprint density at radius 3 is 2.53 bits per heavy atom. The molecule has 0 bridgehead atoms. The Morgan fingerprint density at radius 1 is 1.00 bits per heavy atom. The van der Waals surface area contributed by atoms with E-state index in [-0.39, 0.29) is 11.9 Å². The maximum atomic E-state index is 13.7. The van der Waals surface area contributed by atoms with Gasteiger partial charge in [0.1, 0.15) is 5.75 Å². The molecule has 6 nitrogen and oxygen atoms in total. The first-order chi connectivity index (χ1) is 15.6. The van der Waals surface area contributed by atoms with Crippen molar-refractivity contribution in [1.29, 1.82) is 0 Å². The van der Waals surface area contributed by atoms with E-state index in [1.807, 2.05) is 67.6 Å². The van der Waals surface area contributed by atoms with E-state index in [1.165, 1.54) is 0 Å². The third-order valence-electron chi connectivity index (χ3n) is 5.91. The first-order valence-electron chi connectivity index (χ1n) is 10.5. The Kier molecular flexibility index (Phi) is 4.90. The predicted molar refractivity (Wildman–Crippen MR) is 127 cm³/mol. The van der Waals surface area contributed by atoms with Crippen molar-refractivity contribution in [2.24, 2.45) is 0 Å². The van der Waals surface area contributed by atoms with E-state index < -0.39 is 0 Å². The number of nitrogens with zero attached hydrogens (tertiary/aromatic N) is 2. The molecule has 1 aromatic heterocycles. The number of methoxy groups -OCH3 is 1. The van der Waals surface area contributed by atoms with Crippen LogP contribution in [0.2, 0.25) is 0 Å². The van der Waals surface area contributed by atoms with E-state index in [1.54, 1.807) is 7.11 Å². The number of anilines is 2. The van der Waals surface area contributed by atoms with Crippen molar-refractivity contribution in [2.45, 2.75) is 19.9 Å². The van der Waals surface area contributed by atoms with E-state index in [0.717, 1.165) is 33.8 Å². The molecular weight excluding hydrogens is 400 g/mol. The average Bonchev–Trinajstić information content (AvgIpc) is 3.16. The van der Waals surface area contributed by atoms with Crippen LogP contribution >= 0.6 is 0 Å². The fourth-order valence-electron chi connectivity index (χ4n) is 4.38. The molecule has 3 aromatic carbocycles. The van der Waals surface area contributed by atoms with Crippen molar-refractivity contribution in [2.75, 3.05) is 17.7 Å². The lowest BCUT2D eigenvalue weighted by molar-refractivity contribution is -0.113. The Bertz CT molecular complexity index is 1370. The van der Waals surface area contributed by atoms with Gasteiger partial charge in [-0.3, -0.25) is 9.36 Å². The number of aromatic nitrogens is 2. The molecule has 1 amide bonds. The van der Waals surface area contributed by atoms with Crippen LogP contribution in [0.15, 0.2) is 84.1 Å². The SMILES string of the molecule is COc1ccccc1NC(=O)C1=C(C)Nc2nc3ccccc3n2[C@@H]1c1ccccc1C. The fraction of sp³-hybridized carbons (Fsp3) is 0.154. The van der Waals surface area contributed by atoms with E-state index in [0.29, 0.717) is 17.0 Å². The van der Waals surface area contributed by atoms with Gasteiger partial charge in [-0.15, -0.1) is 0 Å². The Hall–Kier alpha value is -4.06. The van der Waals surface area contributed by atoms with Crippen LogP contribution < -0.4 is 15.4 Å². The van der Waals surface area contributed by atoms with Gasteiger partial charge in [-0.1, -0.05) is 48.5 Å². The van der Waals surface area contributed by atoms with E-state index in [2.05, 4.69) is 34.3 Å². The number of allylic oxidation sites excluding steroid dienone is 1. The lowest BCUT2D eigenvalue weighted by atomic mass is 9.91. The molecule has 1 aliphatic heterocycles. The van der Waals surface area contributed by atoms with Crippen molar-refractivity contribution in [1.82, 2.24) is 9.55 Å². The minimum atomic E-state index is -0.324. The molecule has 0 radical (unpaired) electrons.